The van der Waals surface area contributed by atoms with Crippen LogP contribution in [-0.4, -0.2) is 45.6 Å². The van der Waals surface area contributed by atoms with E-state index in [1.807, 2.05) is 25.4 Å². The molecule has 9 heteroatoms. The first kappa shape index (κ1) is 18.8. The topological polar surface area (TPSA) is 88.5 Å². The first-order chi connectivity index (χ1) is 13.0. The highest BCUT2D eigenvalue weighted by molar-refractivity contribution is 8.02. The molecule has 8 nitrogen and oxygen atoms in total. The minimum Gasteiger partial charge on any atom is -0.492 e. The molecule has 0 unspecified atom stereocenters. The van der Waals surface area contributed by atoms with E-state index in [9.17, 15) is 9.59 Å². The zero-order valence-electron chi connectivity index (χ0n) is 15.1. The molecule has 2 aromatic rings. The number of hydrogen-bond donors (Lipinski definition) is 2. The highest BCUT2D eigenvalue weighted by Crippen LogP contribution is 2.23. The van der Waals surface area contributed by atoms with Gasteiger partial charge in [-0.25, -0.2) is 0 Å². The number of ether oxygens (including phenoxy) is 1. The number of nitrogens with one attached hydrogen (secondary N) is 2. The summed E-state index contributed by atoms with van der Waals surface area (Å²) >= 11 is 1.44. The van der Waals surface area contributed by atoms with Crippen LogP contribution in [0.2, 0.25) is 0 Å². The lowest BCUT2D eigenvalue weighted by molar-refractivity contribution is -0.124. The first-order valence-electron chi connectivity index (χ1n) is 8.30. The van der Waals surface area contributed by atoms with Gasteiger partial charge >= 0.3 is 0 Å². The van der Waals surface area contributed by atoms with E-state index in [-0.39, 0.29) is 11.8 Å². The molecular formula is C18H20N5O3S. The molecule has 1 aliphatic heterocycles. The van der Waals surface area contributed by atoms with E-state index < -0.39 is 0 Å². The summed E-state index contributed by atoms with van der Waals surface area (Å²) in [7, 11) is 1.86. The van der Waals surface area contributed by atoms with Gasteiger partial charge in [-0.3, -0.25) is 24.7 Å². The van der Waals surface area contributed by atoms with Crippen LogP contribution in [0.25, 0.3) is 11.1 Å². The summed E-state index contributed by atoms with van der Waals surface area (Å²) in [6.07, 6.45) is 3.70. The van der Waals surface area contributed by atoms with Crippen molar-refractivity contribution in [2.75, 3.05) is 19.0 Å². The van der Waals surface area contributed by atoms with Crippen LogP contribution in [0.1, 0.15) is 6.92 Å². The lowest BCUT2D eigenvalue weighted by Crippen LogP contribution is -2.43. The summed E-state index contributed by atoms with van der Waals surface area (Å²) in [5.41, 5.74) is 4.98. The zero-order chi connectivity index (χ0) is 19.2. The Labute approximate surface area is 161 Å². The van der Waals surface area contributed by atoms with Gasteiger partial charge in [0.15, 0.2) is 0 Å². The van der Waals surface area contributed by atoms with Gasteiger partial charge in [-0.2, -0.15) is 5.10 Å². The van der Waals surface area contributed by atoms with Crippen LogP contribution in [0.15, 0.2) is 41.7 Å². The molecule has 2 N–H and O–H groups in total. The normalized spacial score (nSPS) is 13.3. The molecule has 2 amide bonds. The van der Waals surface area contributed by atoms with E-state index in [0.717, 1.165) is 11.1 Å². The van der Waals surface area contributed by atoms with Gasteiger partial charge in [-0.1, -0.05) is 0 Å². The largest absolute Gasteiger partial charge is 0.492 e. The van der Waals surface area contributed by atoms with Crippen molar-refractivity contribution >= 4 is 23.6 Å². The molecule has 0 bridgehead atoms. The fourth-order valence-electron chi connectivity index (χ4n) is 2.48. The van der Waals surface area contributed by atoms with E-state index in [4.69, 9.17) is 4.74 Å². The molecule has 3 rings (SSSR count). The van der Waals surface area contributed by atoms with E-state index in [1.54, 1.807) is 22.4 Å². The van der Waals surface area contributed by atoms with Crippen LogP contribution in [0.5, 0.6) is 5.75 Å². The maximum atomic E-state index is 12.2. The number of thioether (sulfide) groups is 1. The minimum absolute atomic E-state index is 0.218. The van der Waals surface area contributed by atoms with Crippen molar-refractivity contribution in [2.45, 2.75) is 6.92 Å². The second-order valence-corrected chi connectivity index (χ2v) is 6.69. The molecule has 1 radical (unpaired) electrons. The maximum Gasteiger partial charge on any atom is 0.270 e. The summed E-state index contributed by atoms with van der Waals surface area (Å²) in [6, 6.07) is 8.57. The van der Waals surface area contributed by atoms with Gasteiger partial charge in [0.1, 0.15) is 18.1 Å². The molecule has 0 fully saturated rings. The van der Waals surface area contributed by atoms with Gasteiger partial charge in [0.25, 0.3) is 5.91 Å². The van der Waals surface area contributed by atoms with Crippen molar-refractivity contribution in [2.24, 2.45) is 7.05 Å². The number of nitrogens with zero attached hydrogens (tertiary/aromatic N) is 3. The van der Waals surface area contributed by atoms with E-state index in [0.29, 0.717) is 30.5 Å². The molecule has 1 aromatic carbocycles. The predicted octanol–water partition coefficient (Wildman–Crippen LogP) is 1.28. The number of rotatable bonds is 7. The van der Waals surface area contributed by atoms with E-state index >= 15 is 0 Å². The van der Waals surface area contributed by atoms with Crippen LogP contribution < -0.4 is 15.5 Å². The monoisotopic (exact) mass is 386 g/mol. The van der Waals surface area contributed by atoms with Crippen molar-refractivity contribution in [3.63, 3.8) is 0 Å². The third-order valence-electron chi connectivity index (χ3n) is 3.67. The van der Waals surface area contributed by atoms with Crippen LogP contribution in [0.3, 0.4) is 0 Å². The number of aryl methyl sites for hydroxylation is 1. The number of hydrogen-bond acceptors (Lipinski definition) is 6. The standard InChI is InChI=1S/C18H20N5O3S/c1-13(24)21-23-12-27-11-17(23)18(25)19-6-7-26-16-5-3-4-14(8-16)15-9-20-22(2)10-15/h4-5,8-11H,6-7,12H2,1-2H3,(H,19,25)(H,21,24). The highest BCUT2D eigenvalue weighted by atomic mass is 32.2. The smallest absolute Gasteiger partial charge is 0.270 e. The van der Waals surface area contributed by atoms with Crippen molar-refractivity contribution in [3.8, 4) is 16.9 Å². The second-order valence-electron chi connectivity index (χ2n) is 5.86. The third-order valence-corrected chi connectivity index (χ3v) is 4.47. The van der Waals surface area contributed by atoms with Crippen LogP contribution in [0.4, 0.5) is 0 Å². The van der Waals surface area contributed by atoms with Crippen molar-refractivity contribution in [1.29, 1.82) is 0 Å². The quantitative estimate of drug-likeness (QED) is 0.697. The average Bonchev–Trinajstić information content (AvgIpc) is 3.27. The van der Waals surface area contributed by atoms with Crippen molar-refractivity contribution in [3.05, 3.63) is 47.8 Å². The van der Waals surface area contributed by atoms with Crippen molar-refractivity contribution < 1.29 is 14.3 Å². The summed E-state index contributed by atoms with van der Waals surface area (Å²) in [6.45, 7) is 2.06. The third kappa shape index (κ3) is 5.04. The van der Waals surface area contributed by atoms with Gasteiger partial charge in [0, 0.05) is 31.1 Å². The molecule has 0 aliphatic carbocycles. The molecule has 141 valence electrons. The Morgan fingerprint density at radius 2 is 2.22 bits per heavy atom. The molecule has 0 saturated heterocycles. The number of carbonyl (C=O) groups is 2. The Morgan fingerprint density at radius 3 is 2.96 bits per heavy atom. The van der Waals surface area contributed by atoms with Gasteiger partial charge in [0.2, 0.25) is 5.91 Å². The van der Waals surface area contributed by atoms with Gasteiger partial charge in [0.05, 0.1) is 18.6 Å². The lowest BCUT2D eigenvalue weighted by atomic mass is 10.1. The molecule has 0 spiro atoms. The van der Waals surface area contributed by atoms with Crippen LogP contribution in [0, 0.1) is 6.07 Å². The molecule has 1 aromatic heterocycles. The zero-order valence-corrected chi connectivity index (χ0v) is 15.9. The summed E-state index contributed by atoms with van der Waals surface area (Å²) in [5.74, 6) is 0.703. The molecule has 1 aliphatic rings. The minimum atomic E-state index is -0.256. The Hall–Kier alpha value is -2.94. The fourth-order valence-corrected chi connectivity index (χ4v) is 3.30. The molecule has 0 atom stereocenters. The van der Waals surface area contributed by atoms with Gasteiger partial charge in [-0.05, 0) is 29.8 Å². The number of aromatic nitrogens is 2. The SMILES string of the molecule is CC(=O)NN1CSC=C1C(=O)NCCOc1c[c]cc(-c2cnn(C)c2)c1. The number of hydrazine groups is 1. The Kier molecular flexibility index (Phi) is 6.02. The van der Waals surface area contributed by atoms with E-state index in [1.165, 1.54) is 23.7 Å². The number of benzene rings is 1. The average molecular weight is 386 g/mol. The van der Waals surface area contributed by atoms with Gasteiger partial charge < -0.3 is 10.1 Å². The Morgan fingerprint density at radius 1 is 1.37 bits per heavy atom. The lowest BCUT2D eigenvalue weighted by Gasteiger charge is -2.20. The summed E-state index contributed by atoms with van der Waals surface area (Å²) < 4.78 is 7.43. The summed E-state index contributed by atoms with van der Waals surface area (Å²) in [4.78, 5) is 23.4. The van der Waals surface area contributed by atoms with Gasteiger partial charge in [-0.15, -0.1) is 11.8 Å². The Balaban J connectivity index is 1.48. The number of carbonyl (C=O) groups excluding carboxylic acids is 2. The molecular weight excluding hydrogens is 366 g/mol. The van der Waals surface area contributed by atoms with E-state index in [2.05, 4.69) is 21.9 Å². The van der Waals surface area contributed by atoms with Crippen LogP contribution >= 0.6 is 11.8 Å². The second kappa shape index (κ2) is 8.63. The number of amides is 2. The maximum absolute atomic E-state index is 12.2. The Bertz CT molecular complexity index is 864. The van der Waals surface area contributed by atoms with Crippen LogP contribution in [-0.2, 0) is 16.6 Å². The summed E-state index contributed by atoms with van der Waals surface area (Å²) in [5, 5.41) is 10.2. The first-order valence-corrected chi connectivity index (χ1v) is 9.35. The molecule has 27 heavy (non-hydrogen) atoms. The highest BCUT2D eigenvalue weighted by Gasteiger charge is 2.22. The van der Waals surface area contributed by atoms with Crippen molar-refractivity contribution in [1.82, 2.24) is 25.5 Å². The fraction of sp³-hybridized carbons (Fsp3) is 0.278. The molecule has 2 heterocycles. The predicted molar refractivity (Wildman–Crippen MR) is 102 cm³/mol. The molecule has 0 saturated carbocycles.